The van der Waals surface area contributed by atoms with Crippen molar-refractivity contribution in [1.82, 2.24) is 5.32 Å². The Bertz CT molecular complexity index is 254. The van der Waals surface area contributed by atoms with E-state index in [4.69, 9.17) is 5.26 Å². The van der Waals surface area contributed by atoms with Crippen LogP contribution in [0.15, 0.2) is 10.2 Å². The molecule has 2 unspecified atom stereocenters. The molecular weight excluding hydrogens is 140 g/mol. The van der Waals surface area contributed by atoms with Gasteiger partial charge in [0, 0.05) is 18.5 Å². The normalized spacial score (nSPS) is 47.3. The van der Waals surface area contributed by atoms with E-state index in [1.165, 1.54) is 0 Å². The van der Waals surface area contributed by atoms with Crippen molar-refractivity contribution >= 4 is 0 Å². The number of fused-ring (bicyclic) bond motifs is 1. The Kier molecular flexibility index (Phi) is 1.10. The third kappa shape index (κ3) is 0.615. The molecule has 0 amide bonds. The Balaban J connectivity index is 2.44. The van der Waals surface area contributed by atoms with Crippen LogP contribution in [0.1, 0.15) is 6.92 Å². The Hall–Kier alpha value is -0.950. The van der Waals surface area contributed by atoms with Crippen LogP contribution in [0.4, 0.5) is 0 Å². The van der Waals surface area contributed by atoms with Crippen LogP contribution in [0.5, 0.6) is 0 Å². The Labute approximate surface area is 65.3 Å². The topological polar surface area (TPSA) is 60.5 Å². The fourth-order valence-corrected chi connectivity index (χ4v) is 1.73. The highest BCUT2D eigenvalue weighted by molar-refractivity contribution is 5.24. The fraction of sp³-hybridized carbons (Fsp3) is 0.857. The van der Waals surface area contributed by atoms with Crippen LogP contribution in [-0.4, -0.2) is 25.2 Å². The van der Waals surface area contributed by atoms with Gasteiger partial charge in [0.1, 0.15) is 0 Å². The lowest BCUT2D eigenvalue weighted by Crippen LogP contribution is -2.40. The van der Waals surface area contributed by atoms with Gasteiger partial charge in [-0.3, -0.25) is 0 Å². The summed E-state index contributed by atoms with van der Waals surface area (Å²) in [6, 6.07) is 2.26. The molecule has 2 aliphatic rings. The number of nitrogens with zero attached hydrogens (tertiary/aromatic N) is 3. The lowest BCUT2D eigenvalue weighted by molar-refractivity contribution is 0.319. The average molecular weight is 150 g/mol. The fourth-order valence-electron chi connectivity index (χ4n) is 1.73. The minimum Gasteiger partial charge on any atom is -0.312 e. The molecule has 2 heterocycles. The van der Waals surface area contributed by atoms with Gasteiger partial charge in [-0.15, -0.1) is 0 Å². The summed E-state index contributed by atoms with van der Waals surface area (Å²) >= 11 is 0. The molecule has 0 saturated carbocycles. The maximum Gasteiger partial charge on any atom is 0.188 e. The van der Waals surface area contributed by atoms with E-state index in [2.05, 4.69) is 28.5 Å². The van der Waals surface area contributed by atoms with Gasteiger partial charge in [0.15, 0.2) is 5.54 Å². The lowest BCUT2D eigenvalue weighted by atomic mass is 9.76. The van der Waals surface area contributed by atoms with Crippen molar-refractivity contribution in [2.24, 2.45) is 15.6 Å². The molecule has 11 heavy (non-hydrogen) atoms. The highest BCUT2D eigenvalue weighted by Crippen LogP contribution is 2.42. The van der Waals surface area contributed by atoms with Crippen molar-refractivity contribution < 1.29 is 0 Å². The quantitative estimate of drug-likeness (QED) is 0.540. The second-order valence-corrected chi connectivity index (χ2v) is 3.54. The highest BCUT2D eigenvalue weighted by Gasteiger charge is 2.56. The van der Waals surface area contributed by atoms with Gasteiger partial charge in [-0.2, -0.15) is 15.5 Å². The van der Waals surface area contributed by atoms with Gasteiger partial charge in [0.2, 0.25) is 0 Å². The molecule has 1 saturated heterocycles. The van der Waals surface area contributed by atoms with Gasteiger partial charge < -0.3 is 5.32 Å². The summed E-state index contributed by atoms with van der Waals surface area (Å²) in [4.78, 5) is 0. The molecule has 2 aliphatic heterocycles. The Morgan fingerprint density at radius 2 is 2.36 bits per heavy atom. The summed E-state index contributed by atoms with van der Waals surface area (Å²) in [6.07, 6.45) is 0. The molecule has 0 bridgehead atoms. The molecule has 0 aromatic carbocycles. The number of nitriles is 1. The van der Waals surface area contributed by atoms with Gasteiger partial charge >= 0.3 is 0 Å². The van der Waals surface area contributed by atoms with Crippen LogP contribution < -0.4 is 5.32 Å². The second-order valence-electron chi connectivity index (χ2n) is 3.54. The van der Waals surface area contributed by atoms with Crippen LogP contribution >= 0.6 is 0 Å². The molecule has 0 aliphatic carbocycles. The number of azo groups is 1. The van der Waals surface area contributed by atoms with Crippen LogP contribution in [0.2, 0.25) is 0 Å². The molecule has 58 valence electrons. The predicted octanol–water partition coefficient (Wildman–Crippen LogP) is 0.324. The lowest BCUT2D eigenvalue weighted by Gasteiger charge is -2.25. The van der Waals surface area contributed by atoms with Crippen molar-refractivity contribution in [3.8, 4) is 6.07 Å². The first kappa shape index (κ1) is 6.74. The Morgan fingerprint density at radius 3 is 3.00 bits per heavy atom. The molecule has 4 nitrogen and oxygen atoms in total. The van der Waals surface area contributed by atoms with Crippen molar-refractivity contribution in [3.63, 3.8) is 0 Å². The standard InChI is InChI=1S/C7H10N4/c1-6-3-9-5-7(6,2-8)11-10-4-6/h9H,3-5H2,1H3. The zero-order valence-corrected chi connectivity index (χ0v) is 6.46. The van der Waals surface area contributed by atoms with Gasteiger partial charge in [0.05, 0.1) is 12.6 Å². The largest absolute Gasteiger partial charge is 0.312 e. The first-order valence-electron chi connectivity index (χ1n) is 3.73. The van der Waals surface area contributed by atoms with E-state index in [-0.39, 0.29) is 5.41 Å². The molecule has 0 aromatic heterocycles. The zero-order valence-electron chi connectivity index (χ0n) is 6.46. The molecule has 1 fully saturated rings. The van der Waals surface area contributed by atoms with E-state index in [1.54, 1.807) is 0 Å². The number of hydrogen-bond acceptors (Lipinski definition) is 4. The van der Waals surface area contributed by atoms with E-state index in [9.17, 15) is 0 Å². The minimum atomic E-state index is -0.562. The number of nitrogens with one attached hydrogen (secondary N) is 1. The Morgan fingerprint density at radius 1 is 1.55 bits per heavy atom. The molecule has 4 heteroatoms. The summed E-state index contributed by atoms with van der Waals surface area (Å²) in [5, 5.41) is 20.1. The van der Waals surface area contributed by atoms with Crippen LogP contribution in [0.25, 0.3) is 0 Å². The summed E-state index contributed by atoms with van der Waals surface area (Å²) in [7, 11) is 0. The van der Waals surface area contributed by atoms with E-state index in [1.807, 2.05) is 0 Å². The van der Waals surface area contributed by atoms with Gasteiger partial charge in [-0.05, 0) is 0 Å². The summed E-state index contributed by atoms with van der Waals surface area (Å²) in [6.45, 7) is 4.26. The SMILES string of the molecule is CC12CN=NC1(C#N)CNC2. The smallest absolute Gasteiger partial charge is 0.188 e. The third-order valence-corrected chi connectivity index (χ3v) is 2.74. The third-order valence-electron chi connectivity index (χ3n) is 2.74. The molecule has 2 atom stereocenters. The van der Waals surface area contributed by atoms with E-state index in [0.29, 0.717) is 13.1 Å². The van der Waals surface area contributed by atoms with Crippen LogP contribution in [0.3, 0.4) is 0 Å². The van der Waals surface area contributed by atoms with E-state index < -0.39 is 5.54 Å². The number of hydrogen-bond donors (Lipinski definition) is 1. The first-order chi connectivity index (χ1) is 5.22. The highest BCUT2D eigenvalue weighted by atomic mass is 15.3. The van der Waals surface area contributed by atoms with Crippen molar-refractivity contribution in [1.29, 1.82) is 5.26 Å². The first-order valence-corrected chi connectivity index (χ1v) is 3.73. The summed E-state index contributed by atoms with van der Waals surface area (Å²) < 4.78 is 0. The molecular formula is C7H10N4. The maximum absolute atomic E-state index is 8.95. The van der Waals surface area contributed by atoms with E-state index >= 15 is 0 Å². The van der Waals surface area contributed by atoms with Gasteiger partial charge in [-0.25, -0.2) is 0 Å². The monoisotopic (exact) mass is 150 g/mol. The molecule has 0 spiro atoms. The van der Waals surface area contributed by atoms with E-state index in [0.717, 1.165) is 6.54 Å². The summed E-state index contributed by atoms with van der Waals surface area (Å²) in [5.41, 5.74) is -0.616. The molecule has 1 N–H and O–H groups in total. The molecule has 0 radical (unpaired) electrons. The van der Waals surface area contributed by atoms with Crippen LogP contribution in [-0.2, 0) is 0 Å². The molecule has 2 rings (SSSR count). The predicted molar refractivity (Wildman–Crippen MR) is 39.0 cm³/mol. The van der Waals surface area contributed by atoms with Crippen molar-refractivity contribution in [2.45, 2.75) is 12.5 Å². The summed E-state index contributed by atoms with van der Waals surface area (Å²) in [5.74, 6) is 0. The second kappa shape index (κ2) is 1.80. The minimum absolute atomic E-state index is 0.0538. The maximum atomic E-state index is 8.95. The molecule has 0 aromatic rings. The van der Waals surface area contributed by atoms with Gasteiger partial charge in [-0.1, -0.05) is 6.92 Å². The number of rotatable bonds is 0. The van der Waals surface area contributed by atoms with Crippen LogP contribution in [0, 0.1) is 16.7 Å². The van der Waals surface area contributed by atoms with Crippen molar-refractivity contribution in [3.05, 3.63) is 0 Å². The van der Waals surface area contributed by atoms with Gasteiger partial charge in [0.25, 0.3) is 0 Å². The zero-order chi connectivity index (χ0) is 7.95. The van der Waals surface area contributed by atoms with Crippen molar-refractivity contribution in [2.75, 3.05) is 19.6 Å². The average Bonchev–Trinajstić information content (AvgIpc) is 2.41.